The molecule has 3 rings (SSSR count). The van der Waals surface area contributed by atoms with E-state index in [2.05, 4.69) is 5.32 Å². The van der Waals surface area contributed by atoms with Gasteiger partial charge in [-0.25, -0.2) is 12.8 Å². The van der Waals surface area contributed by atoms with Crippen molar-refractivity contribution < 1.29 is 17.6 Å². The summed E-state index contributed by atoms with van der Waals surface area (Å²) in [5, 5.41) is 2.85. The van der Waals surface area contributed by atoms with Crippen molar-refractivity contribution >= 4 is 21.6 Å². The lowest BCUT2D eigenvalue weighted by Gasteiger charge is -2.20. The number of hydrogen-bond donors (Lipinski definition) is 1. The Bertz CT molecular complexity index is 1130. The lowest BCUT2D eigenvalue weighted by Crippen LogP contribution is -2.28. The highest BCUT2D eigenvalue weighted by Crippen LogP contribution is 2.23. The van der Waals surface area contributed by atoms with Gasteiger partial charge < -0.3 is 5.32 Å². The van der Waals surface area contributed by atoms with Crippen molar-refractivity contribution in [2.75, 3.05) is 11.4 Å². The highest BCUT2D eigenvalue weighted by molar-refractivity contribution is 7.92. The average Bonchev–Trinajstić information content (AvgIpc) is 2.74. The maximum atomic E-state index is 13.1. The summed E-state index contributed by atoms with van der Waals surface area (Å²) in [6, 6.07) is 18.6. The van der Waals surface area contributed by atoms with E-state index in [4.69, 9.17) is 0 Å². The Morgan fingerprint density at radius 2 is 1.50 bits per heavy atom. The van der Waals surface area contributed by atoms with E-state index in [1.54, 1.807) is 67.6 Å². The van der Waals surface area contributed by atoms with Crippen LogP contribution in [0.15, 0.2) is 77.7 Å². The van der Waals surface area contributed by atoms with Gasteiger partial charge >= 0.3 is 0 Å². The third kappa shape index (κ3) is 4.68. The summed E-state index contributed by atoms with van der Waals surface area (Å²) in [5.41, 5.74) is 2.60. The zero-order chi connectivity index (χ0) is 21.9. The Kier molecular flexibility index (Phi) is 6.22. The number of nitrogens with zero attached hydrogens (tertiary/aromatic N) is 1. The van der Waals surface area contributed by atoms with Gasteiger partial charge in [0.05, 0.1) is 16.6 Å². The third-order valence-corrected chi connectivity index (χ3v) is 6.69. The SMILES string of the molecule is Cc1ccc(S(=O)(=O)N(C)c2ccc(C(=O)NC(C)c3ccc(F)cc3)cc2)cc1. The number of halogens is 1. The smallest absolute Gasteiger partial charge is 0.264 e. The second kappa shape index (κ2) is 8.67. The molecule has 1 atom stereocenters. The van der Waals surface area contributed by atoms with E-state index < -0.39 is 10.0 Å². The standard InChI is InChI=1S/C23H23FN2O3S/c1-16-4-14-22(15-5-16)30(28,29)26(3)21-12-8-19(9-13-21)23(27)25-17(2)18-6-10-20(24)11-7-18/h4-15,17H,1-3H3,(H,25,27). The summed E-state index contributed by atoms with van der Waals surface area (Å²) in [4.78, 5) is 12.7. The number of aryl methyl sites for hydroxylation is 1. The Labute approximate surface area is 176 Å². The first-order chi connectivity index (χ1) is 14.2. The van der Waals surface area contributed by atoms with E-state index in [1.165, 1.54) is 23.5 Å². The number of rotatable bonds is 6. The molecule has 0 fully saturated rings. The maximum Gasteiger partial charge on any atom is 0.264 e. The van der Waals surface area contributed by atoms with Gasteiger partial charge in [-0.15, -0.1) is 0 Å². The highest BCUT2D eigenvalue weighted by atomic mass is 32.2. The third-order valence-electron chi connectivity index (χ3n) is 4.89. The van der Waals surface area contributed by atoms with E-state index in [9.17, 15) is 17.6 Å². The number of nitrogens with one attached hydrogen (secondary N) is 1. The molecular weight excluding hydrogens is 403 g/mol. The summed E-state index contributed by atoms with van der Waals surface area (Å²) in [5.74, 6) is -0.639. The molecule has 3 aromatic carbocycles. The highest BCUT2D eigenvalue weighted by Gasteiger charge is 2.21. The van der Waals surface area contributed by atoms with Crippen LogP contribution in [0.4, 0.5) is 10.1 Å². The molecule has 3 aromatic rings. The van der Waals surface area contributed by atoms with Crippen LogP contribution in [0, 0.1) is 12.7 Å². The maximum absolute atomic E-state index is 13.1. The fourth-order valence-corrected chi connectivity index (χ4v) is 4.14. The second-order valence-corrected chi connectivity index (χ2v) is 9.05. The quantitative estimate of drug-likeness (QED) is 0.633. The van der Waals surface area contributed by atoms with Crippen LogP contribution in [0.2, 0.25) is 0 Å². The number of carbonyl (C=O) groups excluding carboxylic acids is 1. The van der Waals surface area contributed by atoms with Crippen molar-refractivity contribution in [2.24, 2.45) is 0 Å². The zero-order valence-corrected chi connectivity index (χ0v) is 17.8. The minimum absolute atomic E-state index is 0.200. The fraction of sp³-hybridized carbons (Fsp3) is 0.174. The molecule has 7 heteroatoms. The van der Waals surface area contributed by atoms with E-state index in [0.29, 0.717) is 11.3 Å². The molecule has 5 nitrogen and oxygen atoms in total. The topological polar surface area (TPSA) is 66.5 Å². The Morgan fingerprint density at radius 1 is 0.933 bits per heavy atom. The molecule has 0 radical (unpaired) electrons. The van der Waals surface area contributed by atoms with Gasteiger partial charge in [0.2, 0.25) is 0 Å². The Morgan fingerprint density at radius 3 is 2.07 bits per heavy atom. The molecule has 0 aliphatic carbocycles. The molecule has 1 unspecified atom stereocenters. The van der Waals surface area contributed by atoms with Gasteiger partial charge in [0.1, 0.15) is 5.82 Å². The van der Waals surface area contributed by atoms with Gasteiger partial charge in [0.25, 0.3) is 15.9 Å². The predicted molar refractivity (Wildman–Crippen MR) is 115 cm³/mol. The van der Waals surface area contributed by atoms with E-state index in [1.807, 2.05) is 6.92 Å². The van der Waals surface area contributed by atoms with E-state index in [-0.39, 0.29) is 22.7 Å². The minimum Gasteiger partial charge on any atom is -0.346 e. The summed E-state index contributed by atoms with van der Waals surface area (Å²) in [6.45, 7) is 3.70. The summed E-state index contributed by atoms with van der Waals surface area (Å²) >= 11 is 0. The Balaban J connectivity index is 1.72. The van der Waals surface area contributed by atoms with Gasteiger partial charge in [-0.2, -0.15) is 0 Å². The summed E-state index contributed by atoms with van der Waals surface area (Å²) in [6.07, 6.45) is 0. The second-order valence-electron chi connectivity index (χ2n) is 7.08. The van der Waals surface area contributed by atoms with Crippen LogP contribution in [0.25, 0.3) is 0 Å². The molecule has 0 bridgehead atoms. The molecule has 0 spiro atoms. The lowest BCUT2D eigenvalue weighted by atomic mass is 10.1. The van der Waals surface area contributed by atoms with Crippen LogP contribution in [-0.2, 0) is 10.0 Å². The van der Waals surface area contributed by atoms with Gasteiger partial charge in [0, 0.05) is 12.6 Å². The number of sulfonamides is 1. The van der Waals surface area contributed by atoms with Crippen molar-refractivity contribution in [3.63, 3.8) is 0 Å². The molecule has 0 aliphatic heterocycles. The van der Waals surface area contributed by atoms with Crippen molar-refractivity contribution in [1.29, 1.82) is 0 Å². The van der Waals surface area contributed by atoms with Crippen LogP contribution in [0.1, 0.15) is 34.5 Å². The zero-order valence-electron chi connectivity index (χ0n) is 17.0. The first-order valence-corrected chi connectivity index (χ1v) is 10.8. The molecular formula is C23H23FN2O3S. The van der Waals surface area contributed by atoms with Crippen molar-refractivity contribution in [3.05, 3.63) is 95.3 Å². The molecule has 0 heterocycles. The van der Waals surface area contributed by atoms with Crippen molar-refractivity contribution in [2.45, 2.75) is 24.8 Å². The summed E-state index contributed by atoms with van der Waals surface area (Å²) in [7, 11) is -2.23. The number of anilines is 1. The predicted octanol–water partition coefficient (Wildman–Crippen LogP) is 4.45. The normalized spacial score (nSPS) is 12.3. The number of amides is 1. The van der Waals surface area contributed by atoms with Gasteiger partial charge in [-0.1, -0.05) is 29.8 Å². The molecule has 0 saturated heterocycles. The number of hydrogen-bond acceptors (Lipinski definition) is 3. The molecule has 0 aliphatic rings. The molecule has 1 amide bonds. The van der Waals surface area contributed by atoms with Gasteiger partial charge in [-0.05, 0) is 67.9 Å². The molecule has 0 aromatic heterocycles. The number of carbonyl (C=O) groups is 1. The molecule has 0 saturated carbocycles. The van der Waals surface area contributed by atoms with Crippen LogP contribution in [0.3, 0.4) is 0 Å². The molecule has 1 N–H and O–H groups in total. The monoisotopic (exact) mass is 426 g/mol. The average molecular weight is 427 g/mol. The minimum atomic E-state index is -3.70. The van der Waals surface area contributed by atoms with Crippen LogP contribution in [-0.4, -0.2) is 21.4 Å². The van der Waals surface area contributed by atoms with Gasteiger partial charge in [-0.3, -0.25) is 9.10 Å². The first-order valence-electron chi connectivity index (χ1n) is 9.40. The molecule has 30 heavy (non-hydrogen) atoms. The van der Waals surface area contributed by atoms with Crippen molar-refractivity contribution in [1.82, 2.24) is 5.32 Å². The number of benzene rings is 3. The van der Waals surface area contributed by atoms with Crippen LogP contribution >= 0.6 is 0 Å². The first kappa shape index (κ1) is 21.5. The molecule has 156 valence electrons. The van der Waals surface area contributed by atoms with Gasteiger partial charge in [0.15, 0.2) is 0 Å². The fourth-order valence-electron chi connectivity index (χ4n) is 2.94. The van der Waals surface area contributed by atoms with Crippen LogP contribution in [0.5, 0.6) is 0 Å². The van der Waals surface area contributed by atoms with Crippen LogP contribution < -0.4 is 9.62 Å². The Hall–Kier alpha value is -3.19. The van der Waals surface area contributed by atoms with E-state index in [0.717, 1.165) is 11.1 Å². The largest absolute Gasteiger partial charge is 0.346 e. The van der Waals surface area contributed by atoms with Crippen molar-refractivity contribution in [3.8, 4) is 0 Å². The summed E-state index contributed by atoms with van der Waals surface area (Å²) < 4.78 is 39.9. The lowest BCUT2D eigenvalue weighted by molar-refractivity contribution is 0.0940. The van der Waals surface area contributed by atoms with E-state index >= 15 is 0 Å².